The Hall–Kier alpha value is -4.16. The van der Waals surface area contributed by atoms with Crippen LogP contribution in [0.15, 0.2) is 48.6 Å². The Morgan fingerprint density at radius 1 is 0.692 bits per heavy atom. The molecule has 12 heteroatoms. The maximum Gasteiger partial charge on any atom is 0.326 e. The highest BCUT2D eigenvalue weighted by molar-refractivity contribution is 5.86. The molecule has 3 aliphatic heterocycles. The van der Waals surface area contributed by atoms with Crippen LogP contribution in [0.4, 0.5) is 0 Å². The number of hydrogen-bond donors (Lipinski definition) is 2. The van der Waals surface area contributed by atoms with E-state index in [0.29, 0.717) is 58.5 Å². The predicted molar refractivity (Wildman–Crippen MR) is 197 cm³/mol. The number of unbranched alkanes of at least 4 members (excludes halogenated alkanes) is 6. The van der Waals surface area contributed by atoms with Gasteiger partial charge in [-0.25, -0.2) is 9.59 Å². The van der Waals surface area contributed by atoms with Crippen molar-refractivity contribution in [3.8, 4) is 0 Å². The summed E-state index contributed by atoms with van der Waals surface area (Å²) in [6.07, 6.45) is 16.3. The molecule has 12 nitrogen and oxygen atoms in total. The number of carboxylic acids is 2. The first-order valence-corrected chi connectivity index (χ1v) is 19.3. The highest BCUT2D eigenvalue weighted by atomic mass is 16.4. The topological polar surface area (TPSA) is 147 Å². The Kier molecular flexibility index (Phi) is 14.7. The lowest BCUT2D eigenvalue weighted by Crippen LogP contribution is -2.47. The molecule has 2 aromatic rings. The summed E-state index contributed by atoms with van der Waals surface area (Å²) in [7, 11) is 0. The molecular formula is C40H56N6O6. The van der Waals surface area contributed by atoms with Gasteiger partial charge in [-0.15, -0.1) is 0 Å². The number of carbonyl (C=O) groups is 4. The van der Waals surface area contributed by atoms with Gasteiger partial charge < -0.3 is 20.0 Å². The molecule has 2 saturated heterocycles. The zero-order valence-corrected chi connectivity index (χ0v) is 30.7. The summed E-state index contributed by atoms with van der Waals surface area (Å²) in [6, 6.07) is 9.81. The molecule has 0 aromatic carbocycles. The first kappa shape index (κ1) is 39.1. The first-order chi connectivity index (χ1) is 25.2. The van der Waals surface area contributed by atoms with E-state index in [1.807, 2.05) is 46.2 Å². The Morgan fingerprint density at radius 2 is 1.23 bits per heavy atom. The minimum atomic E-state index is -0.975. The number of fused-ring (bicyclic) bond motifs is 4. The van der Waals surface area contributed by atoms with Crippen LogP contribution < -0.4 is 0 Å². The number of amides is 2. The van der Waals surface area contributed by atoms with E-state index in [1.165, 1.54) is 30.6 Å². The molecule has 2 aromatic heterocycles. The lowest BCUT2D eigenvalue weighted by molar-refractivity contribution is -0.150. The van der Waals surface area contributed by atoms with Crippen LogP contribution in [-0.2, 0) is 45.4 Å². The number of hydrogen-bond acceptors (Lipinski definition) is 8. The largest absolute Gasteiger partial charge is 0.480 e. The minimum absolute atomic E-state index is 0.0402. The summed E-state index contributed by atoms with van der Waals surface area (Å²) in [5.74, 6) is -2.40. The predicted octanol–water partition coefficient (Wildman–Crippen LogP) is 5.26. The van der Waals surface area contributed by atoms with Gasteiger partial charge in [-0.05, 0) is 81.5 Å². The van der Waals surface area contributed by atoms with Gasteiger partial charge in [-0.2, -0.15) is 0 Å². The fourth-order valence-electron chi connectivity index (χ4n) is 7.92. The van der Waals surface area contributed by atoms with Crippen LogP contribution in [0, 0.1) is 5.92 Å². The molecule has 5 heterocycles. The molecule has 5 rings (SSSR count). The monoisotopic (exact) mass is 716 g/mol. The second-order valence-corrected chi connectivity index (χ2v) is 14.6. The molecule has 52 heavy (non-hydrogen) atoms. The molecule has 0 spiro atoms. The Balaban J connectivity index is 1.21. The second kappa shape index (κ2) is 19.6. The third-order valence-corrected chi connectivity index (χ3v) is 10.5. The molecule has 3 atom stereocenters. The number of nitrogens with zero attached hydrogens (tertiary/aromatic N) is 6. The van der Waals surface area contributed by atoms with Crippen LogP contribution in [0.3, 0.4) is 0 Å². The van der Waals surface area contributed by atoms with Crippen molar-refractivity contribution in [2.24, 2.45) is 5.92 Å². The van der Waals surface area contributed by atoms with E-state index >= 15 is 0 Å². The van der Waals surface area contributed by atoms with E-state index in [1.54, 1.807) is 4.90 Å². The molecule has 3 aliphatic rings. The van der Waals surface area contributed by atoms with Crippen LogP contribution in [0.5, 0.6) is 0 Å². The molecule has 4 bridgehead atoms. The third kappa shape index (κ3) is 11.2. The standard InChI is InChI=1S/C40H56N6O6/c1-2-3-4-5-6-7-8-9-10-11-15-30-21-23-46(38(30)40(51)52)37(48)29-44-26-33-18-12-16-31(41-33)24-43(25-32-17-13-19-34(27-44)42-32)28-36(47)45-22-14-20-35(45)39(49)50/h7-8,12-13,16-19,30,35,38H,2-6,9-11,14-15,20-29H2,1H3,(H,49,50)(H,51,52)/b8-7-. The first-order valence-electron chi connectivity index (χ1n) is 19.3. The molecular weight excluding hydrogens is 660 g/mol. The maximum atomic E-state index is 13.9. The van der Waals surface area contributed by atoms with Gasteiger partial charge in [0.25, 0.3) is 0 Å². The maximum absolute atomic E-state index is 13.9. The Labute approximate surface area is 307 Å². The fourth-order valence-corrected chi connectivity index (χ4v) is 7.92. The van der Waals surface area contributed by atoms with Gasteiger partial charge in [0.2, 0.25) is 11.8 Å². The summed E-state index contributed by atoms with van der Waals surface area (Å²) in [5.41, 5.74) is 3.01. The van der Waals surface area contributed by atoms with Gasteiger partial charge in [-0.1, -0.05) is 56.9 Å². The zero-order valence-electron chi connectivity index (χ0n) is 30.7. The van der Waals surface area contributed by atoms with Crippen molar-refractivity contribution in [3.63, 3.8) is 0 Å². The molecule has 0 aliphatic carbocycles. The lowest BCUT2D eigenvalue weighted by Gasteiger charge is -2.29. The van der Waals surface area contributed by atoms with Crippen molar-refractivity contribution in [1.82, 2.24) is 29.6 Å². The van der Waals surface area contributed by atoms with E-state index in [9.17, 15) is 29.4 Å². The third-order valence-electron chi connectivity index (χ3n) is 10.5. The molecule has 282 valence electrons. The summed E-state index contributed by atoms with van der Waals surface area (Å²) in [4.78, 5) is 68.2. The average Bonchev–Trinajstić information content (AvgIpc) is 3.78. The van der Waals surface area contributed by atoms with Crippen LogP contribution in [0.2, 0.25) is 0 Å². The number of rotatable bonds is 16. The van der Waals surface area contributed by atoms with E-state index in [-0.39, 0.29) is 30.8 Å². The minimum Gasteiger partial charge on any atom is -0.480 e. The number of pyridine rings is 2. The number of aliphatic carboxylic acids is 2. The quantitative estimate of drug-likeness (QED) is 0.174. The number of aromatic nitrogens is 2. The van der Waals surface area contributed by atoms with Crippen molar-refractivity contribution in [2.45, 2.75) is 122 Å². The Bertz CT molecular complexity index is 1500. The summed E-state index contributed by atoms with van der Waals surface area (Å²) in [5, 5.41) is 19.9. The molecule has 0 saturated carbocycles. The van der Waals surface area contributed by atoms with E-state index in [2.05, 4.69) is 19.1 Å². The summed E-state index contributed by atoms with van der Waals surface area (Å²) in [6.45, 7) is 4.62. The fraction of sp³-hybridized carbons (Fsp3) is 0.600. The van der Waals surface area contributed by atoms with E-state index in [0.717, 1.165) is 54.9 Å². The normalized spacial score (nSPS) is 21.3. The van der Waals surface area contributed by atoms with Gasteiger partial charge in [0.1, 0.15) is 12.1 Å². The molecule has 2 fully saturated rings. The summed E-state index contributed by atoms with van der Waals surface area (Å²) < 4.78 is 0. The van der Waals surface area contributed by atoms with E-state index < -0.39 is 24.0 Å². The number of carboxylic acid groups (broad SMARTS) is 2. The van der Waals surface area contributed by atoms with Gasteiger partial charge in [-0.3, -0.25) is 29.4 Å². The Morgan fingerprint density at radius 3 is 1.75 bits per heavy atom. The summed E-state index contributed by atoms with van der Waals surface area (Å²) >= 11 is 0. The van der Waals surface area contributed by atoms with Crippen molar-refractivity contribution < 1.29 is 29.4 Å². The number of allylic oxidation sites excluding steroid dienone is 2. The van der Waals surface area contributed by atoms with Gasteiger partial charge >= 0.3 is 11.9 Å². The van der Waals surface area contributed by atoms with Crippen LogP contribution in [0.1, 0.15) is 107 Å². The van der Waals surface area contributed by atoms with Gasteiger partial charge in [0, 0.05) is 39.3 Å². The lowest BCUT2D eigenvalue weighted by atomic mass is 9.93. The van der Waals surface area contributed by atoms with Crippen LogP contribution in [0.25, 0.3) is 0 Å². The van der Waals surface area contributed by atoms with Crippen molar-refractivity contribution >= 4 is 23.8 Å². The molecule has 2 amide bonds. The smallest absolute Gasteiger partial charge is 0.326 e. The van der Waals surface area contributed by atoms with Crippen LogP contribution in [-0.4, -0.2) is 102 Å². The zero-order chi connectivity index (χ0) is 36.9. The highest BCUT2D eigenvalue weighted by Gasteiger charge is 2.41. The van der Waals surface area contributed by atoms with Gasteiger partial charge in [0.15, 0.2) is 0 Å². The average molecular weight is 717 g/mol. The van der Waals surface area contributed by atoms with Crippen molar-refractivity contribution in [3.05, 3.63) is 71.3 Å². The van der Waals surface area contributed by atoms with Gasteiger partial charge in [0.05, 0.1) is 35.9 Å². The number of likely N-dealkylation sites (tertiary alicyclic amines) is 2. The van der Waals surface area contributed by atoms with Crippen molar-refractivity contribution in [1.29, 1.82) is 0 Å². The highest BCUT2D eigenvalue weighted by Crippen LogP contribution is 2.30. The van der Waals surface area contributed by atoms with Crippen molar-refractivity contribution in [2.75, 3.05) is 26.2 Å². The molecule has 2 N–H and O–H groups in total. The van der Waals surface area contributed by atoms with E-state index in [4.69, 9.17) is 9.97 Å². The number of carbonyl (C=O) groups excluding carboxylic acids is 2. The molecule has 3 unspecified atom stereocenters. The SMILES string of the molecule is CCCCCC/C=C\CCCCC1CCN(C(=O)CN2Cc3cccc(n3)CN(CC(=O)N3CCCC3C(=O)O)Cc3cccc(n3)C2)C1C(=O)O. The molecule has 0 radical (unpaired) electrons. The van der Waals surface area contributed by atoms with Crippen LogP contribution >= 0.6 is 0 Å². The second-order valence-electron chi connectivity index (χ2n) is 14.6.